The number of rotatable bonds is 4. The first-order valence-electron chi connectivity index (χ1n) is 5.02. The molecule has 0 unspecified atom stereocenters. The molecule has 2 N–H and O–H groups in total. The SMILES string of the molecule is CCCn1nncc1-c1ccc(CN)o1. The van der Waals surface area contributed by atoms with E-state index in [0.717, 1.165) is 30.2 Å². The Hall–Kier alpha value is -1.62. The molecule has 0 spiro atoms. The van der Waals surface area contributed by atoms with Gasteiger partial charge in [-0.05, 0) is 18.6 Å². The van der Waals surface area contributed by atoms with Crippen molar-refractivity contribution in [2.75, 3.05) is 0 Å². The van der Waals surface area contributed by atoms with Crippen molar-refractivity contribution in [1.82, 2.24) is 15.0 Å². The fourth-order valence-electron chi connectivity index (χ4n) is 1.45. The van der Waals surface area contributed by atoms with Gasteiger partial charge in [-0.25, -0.2) is 4.68 Å². The van der Waals surface area contributed by atoms with E-state index in [-0.39, 0.29) is 0 Å². The minimum Gasteiger partial charge on any atom is -0.458 e. The van der Waals surface area contributed by atoms with Gasteiger partial charge in [0.15, 0.2) is 5.76 Å². The van der Waals surface area contributed by atoms with Crippen LogP contribution in [-0.2, 0) is 13.1 Å². The normalized spacial score (nSPS) is 10.8. The largest absolute Gasteiger partial charge is 0.458 e. The smallest absolute Gasteiger partial charge is 0.154 e. The van der Waals surface area contributed by atoms with Gasteiger partial charge in [0.1, 0.15) is 11.5 Å². The second kappa shape index (κ2) is 4.27. The van der Waals surface area contributed by atoms with Crippen molar-refractivity contribution < 1.29 is 4.42 Å². The van der Waals surface area contributed by atoms with Gasteiger partial charge in [0.25, 0.3) is 0 Å². The number of furan rings is 1. The molecule has 5 heteroatoms. The first-order chi connectivity index (χ1) is 7.35. The standard InChI is InChI=1S/C10H14N4O/c1-2-5-14-9(7-12-13-14)10-4-3-8(6-11)15-10/h3-4,7H,2,5-6,11H2,1H3. The lowest BCUT2D eigenvalue weighted by atomic mass is 10.3. The Kier molecular flexibility index (Phi) is 2.82. The van der Waals surface area contributed by atoms with Crippen LogP contribution in [0.15, 0.2) is 22.7 Å². The summed E-state index contributed by atoms with van der Waals surface area (Å²) in [5.41, 5.74) is 6.38. The summed E-state index contributed by atoms with van der Waals surface area (Å²) >= 11 is 0. The lowest BCUT2D eigenvalue weighted by Gasteiger charge is -2.00. The van der Waals surface area contributed by atoms with E-state index in [0.29, 0.717) is 6.54 Å². The number of nitrogens with two attached hydrogens (primary N) is 1. The maximum atomic E-state index is 5.54. The molecule has 0 aliphatic carbocycles. The first kappa shape index (κ1) is 9.92. The monoisotopic (exact) mass is 206 g/mol. The Morgan fingerprint density at radius 3 is 3.00 bits per heavy atom. The van der Waals surface area contributed by atoms with Crippen molar-refractivity contribution in [1.29, 1.82) is 0 Å². The van der Waals surface area contributed by atoms with Crippen LogP contribution >= 0.6 is 0 Å². The van der Waals surface area contributed by atoms with Crippen LogP contribution in [0, 0.1) is 0 Å². The zero-order valence-electron chi connectivity index (χ0n) is 8.68. The molecular formula is C10H14N4O. The Bertz CT molecular complexity index is 432. The van der Waals surface area contributed by atoms with Crippen LogP contribution < -0.4 is 5.73 Å². The average Bonchev–Trinajstić information content (AvgIpc) is 2.85. The predicted molar refractivity (Wildman–Crippen MR) is 55.9 cm³/mol. The van der Waals surface area contributed by atoms with Crippen LogP contribution in [0.25, 0.3) is 11.5 Å². The highest BCUT2D eigenvalue weighted by Crippen LogP contribution is 2.20. The van der Waals surface area contributed by atoms with E-state index in [1.165, 1.54) is 0 Å². The van der Waals surface area contributed by atoms with Gasteiger partial charge in [0, 0.05) is 6.54 Å². The zero-order valence-corrected chi connectivity index (χ0v) is 8.68. The molecular weight excluding hydrogens is 192 g/mol. The average molecular weight is 206 g/mol. The minimum absolute atomic E-state index is 0.412. The summed E-state index contributed by atoms with van der Waals surface area (Å²) in [5.74, 6) is 1.54. The van der Waals surface area contributed by atoms with Gasteiger partial charge in [-0.2, -0.15) is 0 Å². The van der Waals surface area contributed by atoms with E-state index in [1.807, 2.05) is 16.8 Å². The molecule has 0 radical (unpaired) electrons. The molecule has 0 aliphatic rings. The third-order valence-corrected chi connectivity index (χ3v) is 2.17. The van der Waals surface area contributed by atoms with Crippen LogP contribution in [-0.4, -0.2) is 15.0 Å². The highest BCUT2D eigenvalue weighted by Gasteiger charge is 2.09. The molecule has 80 valence electrons. The fraction of sp³-hybridized carbons (Fsp3) is 0.400. The summed E-state index contributed by atoms with van der Waals surface area (Å²) in [6, 6.07) is 3.77. The van der Waals surface area contributed by atoms with Crippen LogP contribution in [0.4, 0.5) is 0 Å². The van der Waals surface area contributed by atoms with Crippen LogP contribution in [0.5, 0.6) is 0 Å². The number of aromatic nitrogens is 3. The van der Waals surface area contributed by atoms with Gasteiger partial charge in [-0.15, -0.1) is 5.10 Å². The van der Waals surface area contributed by atoms with Gasteiger partial charge in [-0.3, -0.25) is 0 Å². The fourth-order valence-corrected chi connectivity index (χ4v) is 1.45. The molecule has 2 aromatic heterocycles. The number of aryl methyl sites for hydroxylation is 1. The van der Waals surface area contributed by atoms with Gasteiger partial charge in [0.05, 0.1) is 12.7 Å². The van der Waals surface area contributed by atoms with Crippen molar-refractivity contribution in [3.63, 3.8) is 0 Å². The quantitative estimate of drug-likeness (QED) is 0.821. The third kappa shape index (κ3) is 1.92. The Morgan fingerprint density at radius 2 is 2.33 bits per heavy atom. The number of hydrogen-bond acceptors (Lipinski definition) is 4. The van der Waals surface area contributed by atoms with E-state index >= 15 is 0 Å². The molecule has 2 rings (SSSR count). The highest BCUT2D eigenvalue weighted by molar-refractivity contribution is 5.50. The molecule has 0 aliphatic heterocycles. The second-order valence-corrected chi connectivity index (χ2v) is 3.31. The zero-order chi connectivity index (χ0) is 10.7. The van der Waals surface area contributed by atoms with Crippen molar-refractivity contribution in [3.05, 3.63) is 24.1 Å². The van der Waals surface area contributed by atoms with E-state index in [9.17, 15) is 0 Å². The summed E-state index contributed by atoms with van der Waals surface area (Å²) in [6.45, 7) is 3.35. The molecule has 0 atom stereocenters. The van der Waals surface area contributed by atoms with E-state index < -0.39 is 0 Å². The summed E-state index contributed by atoms with van der Waals surface area (Å²) in [6.07, 6.45) is 2.72. The van der Waals surface area contributed by atoms with Crippen molar-refractivity contribution in [2.24, 2.45) is 5.73 Å². The predicted octanol–water partition coefficient (Wildman–Crippen LogP) is 1.41. The van der Waals surface area contributed by atoms with Crippen LogP contribution in [0.1, 0.15) is 19.1 Å². The van der Waals surface area contributed by atoms with Gasteiger partial charge in [0.2, 0.25) is 0 Å². The summed E-state index contributed by atoms with van der Waals surface area (Å²) in [5, 5.41) is 7.87. The van der Waals surface area contributed by atoms with Gasteiger partial charge in [-0.1, -0.05) is 12.1 Å². The lowest BCUT2D eigenvalue weighted by Crippen LogP contribution is -2.01. The van der Waals surface area contributed by atoms with Crippen molar-refractivity contribution in [2.45, 2.75) is 26.4 Å². The Balaban J connectivity index is 2.31. The Labute approximate surface area is 87.9 Å². The van der Waals surface area contributed by atoms with E-state index in [4.69, 9.17) is 10.2 Å². The maximum absolute atomic E-state index is 5.54. The topological polar surface area (TPSA) is 69.9 Å². The molecule has 5 nitrogen and oxygen atoms in total. The van der Waals surface area contributed by atoms with Crippen LogP contribution in [0.3, 0.4) is 0 Å². The van der Waals surface area contributed by atoms with Crippen LogP contribution in [0.2, 0.25) is 0 Å². The Morgan fingerprint density at radius 1 is 1.47 bits per heavy atom. The molecule has 0 saturated heterocycles. The number of nitrogens with zero attached hydrogens (tertiary/aromatic N) is 3. The molecule has 15 heavy (non-hydrogen) atoms. The molecule has 0 bridgehead atoms. The maximum Gasteiger partial charge on any atom is 0.154 e. The van der Waals surface area contributed by atoms with E-state index in [2.05, 4.69) is 17.2 Å². The highest BCUT2D eigenvalue weighted by atomic mass is 16.3. The van der Waals surface area contributed by atoms with Gasteiger partial charge < -0.3 is 10.2 Å². The summed E-state index contributed by atoms with van der Waals surface area (Å²) in [4.78, 5) is 0. The molecule has 2 heterocycles. The molecule has 2 aromatic rings. The molecule has 0 amide bonds. The van der Waals surface area contributed by atoms with Crippen molar-refractivity contribution in [3.8, 4) is 11.5 Å². The lowest BCUT2D eigenvalue weighted by molar-refractivity contribution is 0.511. The molecule has 0 saturated carbocycles. The van der Waals surface area contributed by atoms with Gasteiger partial charge >= 0.3 is 0 Å². The third-order valence-electron chi connectivity index (χ3n) is 2.17. The summed E-state index contributed by atoms with van der Waals surface area (Å²) < 4.78 is 7.37. The number of hydrogen-bond donors (Lipinski definition) is 1. The summed E-state index contributed by atoms with van der Waals surface area (Å²) in [7, 11) is 0. The van der Waals surface area contributed by atoms with E-state index in [1.54, 1.807) is 6.20 Å². The molecule has 0 aromatic carbocycles. The first-order valence-corrected chi connectivity index (χ1v) is 5.02. The minimum atomic E-state index is 0.412. The second-order valence-electron chi connectivity index (χ2n) is 3.31. The molecule has 0 fully saturated rings. The van der Waals surface area contributed by atoms with Crippen molar-refractivity contribution >= 4 is 0 Å².